The smallest absolute Gasteiger partial charge is 0.249 e. The van der Waals surface area contributed by atoms with E-state index >= 15 is 0 Å². The van der Waals surface area contributed by atoms with E-state index in [9.17, 15) is 40.5 Å². The SMILES string of the molecule is CCCCCCCCCCCCCCCCC/C=C\C/C=C\CCCCCCCCCCCCCCCCCCC(O)C(=O)NC(COC1OC(CO)C(O)C(O)C1O)C(O)C(O)CCC/C=C/CCCCCCCCCCCCCCCCCCCCCCCCC. The fourth-order valence-electron chi connectivity index (χ4n) is 13.4. The molecule has 1 saturated heterocycles. The van der Waals surface area contributed by atoms with Crippen LogP contribution in [-0.4, -0.2) is 110 Å². The van der Waals surface area contributed by atoms with Gasteiger partial charge in [-0.2, -0.15) is 0 Å². The van der Waals surface area contributed by atoms with Gasteiger partial charge in [-0.1, -0.05) is 378 Å². The number of aliphatic hydroxyl groups is 7. The third-order valence-corrected chi connectivity index (χ3v) is 19.9. The molecule has 0 aromatic heterocycles. The van der Waals surface area contributed by atoms with Crippen LogP contribution in [0.2, 0.25) is 0 Å². The maximum Gasteiger partial charge on any atom is 0.249 e. The number of amides is 1. The first-order valence-electron chi connectivity index (χ1n) is 40.9. The predicted octanol–water partition coefficient (Wildman–Crippen LogP) is 21.3. The van der Waals surface area contributed by atoms with Crippen molar-refractivity contribution in [2.45, 2.75) is 467 Å². The summed E-state index contributed by atoms with van der Waals surface area (Å²) >= 11 is 0. The average molecular weight is 1320 g/mol. The van der Waals surface area contributed by atoms with Crippen LogP contribution < -0.4 is 5.32 Å². The number of carbonyl (C=O) groups is 1. The quantitative estimate of drug-likeness (QED) is 0.0215. The van der Waals surface area contributed by atoms with Crippen molar-refractivity contribution in [3.8, 4) is 0 Å². The van der Waals surface area contributed by atoms with E-state index in [2.05, 4.69) is 55.6 Å². The van der Waals surface area contributed by atoms with Crippen molar-refractivity contribution in [2.75, 3.05) is 13.2 Å². The molecule has 11 nitrogen and oxygen atoms in total. The van der Waals surface area contributed by atoms with Crippen LogP contribution >= 0.6 is 0 Å². The minimum atomic E-state index is -1.67. The molecule has 11 heteroatoms. The molecule has 1 fully saturated rings. The zero-order valence-corrected chi connectivity index (χ0v) is 61.3. The van der Waals surface area contributed by atoms with E-state index in [0.29, 0.717) is 12.8 Å². The lowest BCUT2D eigenvalue weighted by Gasteiger charge is -2.40. The van der Waals surface area contributed by atoms with Crippen molar-refractivity contribution in [3.63, 3.8) is 0 Å². The second-order valence-corrected chi connectivity index (χ2v) is 28.8. The van der Waals surface area contributed by atoms with E-state index in [4.69, 9.17) is 9.47 Å². The van der Waals surface area contributed by atoms with Gasteiger partial charge in [-0.25, -0.2) is 0 Å². The van der Waals surface area contributed by atoms with Gasteiger partial charge < -0.3 is 50.5 Å². The first-order valence-corrected chi connectivity index (χ1v) is 40.9. The fraction of sp³-hybridized carbons (Fsp3) is 0.915. The first-order chi connectivity index (χ1) is 45.7. The molecule has 0 bridgehead atoms. The van der Waals surface area contributed by atoms with Crippen molar-refractivity contribution in [3.05, 3.63) is 36.5 Å². The topological polar surface area (TPSA) is 189 Å². The molecule has 1 amide bonds. The molecule has 0 aromatic carbocycles. The van der Waals surface area contributed by atoms with Gasteiger partial charge in [0, 0.05) is 0 Å². The van der Waals surface area contributed by atoms with Crippen LogP contribution in [0.1, 0.15) is 412 Å². The summed E-state index contributed by atoms with van der Waals surface area (Å²) in [6.07, 6.45) is 81.3. The maximum absolute atomic E-state index is 13.3. The molecule has 0 aromatic rings. The molecule has 9 atom stereocenters. The normalized spacial score (nSPS) is 18.4. The largest absolute Gasteiger partial charge is 0.394 e. The lowest BCUT2D eigenvalue weighted by molar-refractivity contribution is -0.303. The molecule has 1 aliphatic heterocycles. The summed E-state index contributed by atoms with van der Waals surface area (Å²) in [5, 5.41) is 76.7. The standard InChI is InChI=1S/C82H157NO10/c1-3-5-7-9-11-13-15-17-19-21-23-25-27-29-31-33-34-35-36-37-38-39-40-41-42-44-46-48-50-52-54-56-58-60-62-64-66-68-70-75(86)81(91)83-73(72-92-82-80(90)79(89)78(88)76(71-84)93-82)77(87)74(85)69-67-65-63-61-59-57-55-53-51-49-47-45-43-32-30-28-26-24-22-20-18-16-14-12-10-8-6-4-2/h34-35,37-38,61,63,73-80,82,84-90H,3-33,36,39-60,62,64-72H2,1-2H3,(H,83,91)/b35-34-,38-37-,63-61+. The minimum absolute atomic E-state index is 0.256. The van der Waals surface area contributed by atoms with E-state index in [0.717, 1.165) is 44.9 Å². The highest BCUT2D eigenvalue weighted by atomic mass is 16.7. The van der Waals surface area contributed by atoms with Crippen LogP contribution in [0.25, 0.3) is 0 Å². The lowest BCUT2D eigenvalue weighted by atomic mass is 9.98. The fourth-order valence-corrected chi connectivity index (χ4v) is 13.4. The van der Waals surface area contributed by atoms with E-state index < -0.39 is 74.2 Å². The number of hydrogen-bond acceptors (Lipinski definition) is 10. The van der Waals surface area contributed by atoms with Crippen molar-refractivity contribution < 1.29 is 50.0 Å². The molecular weight excluding hydrogens is 1160 g/mol. The summed E-state index contributed by atoms with van der Waals surface area (Å²) in [7, 11) is 0. The third kappa shape index (κ3) is 56.9. The van der Waals surface area contributed by atoms with Crippen LogP contribution in [0.5, 0.6) is 0 Å². The zero-order valence-electron chi connectivity index (χ0n) is 61.3. The number of aliphatic hydroxyl groups excluding tert-OH is 7. The lowest BCUT2D eigenvalue weighted by Crippen LogP contribution is -2.60. The average Bonchev–Trinajstić information content (AvgIpc) is 1.03. The first kappa shape index (κ1) is 89.3. The molecule has 0 spiro atoms. The van der Waals surface area contributed by atoms with Gasteiger partial charge in [0.05, 0.1) is 25.4 Å². The van der Waals surface area contributed by atoms with Crippen LogP contribution in [0, 0.1) is 0 Å². The van der Waals surface area contributed by atoms with E-state index in [-0.39, 0.29) is 12.8 Å². The highest BCUT2D eigenvalue weighted by molar-refractivity contribution is 5.80. The Kier molecular flexibility index (Phi) is 67.4. The Bertz CT molecular complexity index is 1610. The van der Waals surface area contributed by atoms with Gasteiger partial charge in [-0.3, -0.25) is 4.79 Å². The van der Waals surface area contributed by atoms with Crippen molar-refractivity contribution in [1.29, 1.82) is 0 Å². The summed E-state index contributed by atoms with van der Waals surface area (Å²) < 4.78 is 11.2. The number of unbranched alkanes of at least 4 members (excludes halogenated alkanes) is 55. The monoisotopic (exact) mass is 1320 g/mol. The number of hydrogen-bond donors (Lipinski definition) is 8. The second kappa shape index (κ2) is 70.2. The summed E-state index contributed by atoms with van der Waals surface area (Å²) in [6, 6.07) is -1.19. The Morgan fingerprint density at radius 3 is 0.989 bits per heavy atom. The highest BCUT2D eigenvalue weighted by Gasteiger charge is 2.44. The number of ether oxygens (including phenoxy) is 2. The Hall–Kier alpha value is -1.67. The molecular formula is C82H157NO10. The Balaban J connectivity index is 2.13. The molecule has 1 heterocycles. The van der Waals surface area contributed by atoms with Crippen LogP contribution in [0.3, 0.4) is 0 Å². The summed E-state index contributed by atoms with van der Waals surface area (Å²) in [5.74, 6) is -0.699. The van der Waals surface area contributed by atoms with Gasteiger partial charge in [0.15, 0.2) is 6.29 Å². The number of allylic oxidation sites excluding steroid dienone is 6. The van der Waals surface area contributed by atoms with Gasteiger partial charge in [0.25, 0.3) is 0 Å². The second-order valence-electron chi connectivity index (χ2n) is 28.8. The summed E-state index contributed by atoms with van der Waals surface area (Å²) in [6.45, 7) is 3.52. The summed E-state index contributed by atoms with van der Waals surface area (Å²) in [5.41, 5.74) is 0. The Morgan fingerprint density at radius 1 is 0.376 bits per heavy atom. The zero-order chi connectivity index (χ0) is 67.4. The van der Waals surface area contributed by atoms with E-state index in [1.165, 1.54) is 327 Å². The van der Waals surface area contributed by atoms with Crippen molar-refractivity contribution >= 4 is 5.91 Å². The Morgan fingerprint density at radius 2 is 0.667 bits per heavy atom. The highest BCUT2D eigenvalue weighted by Crippen LogP contribution is 2.24. The van der Waals surface area contributed by atoms with Crippen LogP contribution in [0.4, 0.5) is 0 Å². The molecule has 0 saturated carbocycles. The summed E-state index contributed by atoms with van der Waals surface area (Å²) in [4.78, 5) is 13.3. The van der Waals surface area contributed by atoms with E-state index in [1.807, 2.05) is 0 Å². The molecule has 1 aliphatic rings. The Labute approximate surface area is 575 Å². The van der Waals surface area contributed by atoms with Gasteiger partial charge >= 0.3 is 0 Å². The van der Waals surface area contributed by atoms with Gasteiger partial charge in [-0.15, -0.1) is 0 Å². The molecule has 0 radical (unpaired) electrons. The van der Waals surface area contributed by atoms with Gasteiger partial charge in [-0.05, 0) is 70.6 Å². The number of nitrogens with one attached hydrogen (secondary N) is 1. The van der Waals surface area contributed by atoms with Crippen LogP contribution in [0.15, 0.2) is 36.5 Å². The molecule has 550 valence electrons. The number of rotatable bonds is 73. The minimum Gasteiger partial charge on any atom is -0.394 e. The van der Waals surface area contributed by atoms with Gasteiger partial charge in [0.1, 0.15) is 36.6 Å². The van der Waals surface area contributed by atoms with E-state index in [1.54, 1.807) is 0 Å². The van der Waals surface area contributed by atoms with Crippen molar-refractivity contribution in [1.82, 2.24) is 5.32 Å². The third-order valence-electron chi connectivity index (χ3n) is 19.9. The molecule has 9 unspecified atom stereocenters. The maximum atomic E-state index is 13.3. The molecule has 93 heavy (non-hydrogen) atoms. The number of carbonyl (C=O) groups excluding carboxylic acids is 1. The molecule has 8 N–H and O–H groups in total. The van der Waals surface area contributed by atoms with Crippen LogP contribution in [-0.2, 0) is 14.3 Å². The van der Waals surface area contributed by atoms with Gasteiger partial charge in [0.2, 0.25) is 5.91 Å². The predicted molar refractivity (Wildman–Crippen MR) is 395 cm³/mol. The van der Waals surface area contributed by atoms with Crippen molar-refractivity contribution in [2.24, 2.45) is 0 Å². The molecule has 1 rings (SSSR count). The molecule has 0 aliphatic carbocycles.